The summed E-state index contributed by atoms with van der Waals surface area (Å²) in [6.45, 7) is 0.136. The van der Waals surface area contributed by atoms with Gasteiger partial charge in [-0.25, -0.2) is 4.98 Å². The van der Waals surface area contributed by atoms with Gasteiger partial charge < -0.3 is 11.1 Å². The maximum Gasteiger partial charge on any atom is 0.441 e. The maximum atomic E-state index is 11.8. The predicted molar refractivity (Wildman–Crippen MR) is 60.7 cm³/mol. The number of halogens is 4. The van der Waals surface area contributed by atoms with E-state index in [0.717, 1.165) is 0 Å². The van der Waals surface area contributed by atoms with Crippen LogP contribution in [-0.4, -0.2) is 22.8 Å². The average molecular weight is 272 g/mol. The van der Waals surface area contributed by atoms with Crippen molar-refractivity contribution in [2.24, 2.45) is 0 Å². The minimum atomic E-state index is -4.21. The Bertz CT molecular complexity index is 339. The van der Waals surface area contributed by atoms with Gasteiger partial charge in [-0.1, -0.05) is 11.6 Å². The van der Waals surface area contributed by atoms with Crippen LogP contribution in [0.4, 0.5) is 24.7 Å². The van der Waals surface area contributed by atoms with Crippen LogP contribution >= 0.6 is 23.4 Å². The molecule has 0 aliphatic carbocycles. The lowest BCUT2D eigenvalue weighted by molar-refractivity contribution is -0.0327. The molecule has 0 amide bonds. The van der Waals surface area contributed by atoms with Crippen LogP contribution < -0.4 is 11.1 Å². The van der Waals surface area contributed by atoms with Crippen molar-refractivity contribution in [3.05, 3.63) is 17.3 Å². The van der Waals surface area contributed by atoms with E-state index in [1.165, 1.54) is 12.1 Å². The van der Waals surface area contributed by atoms with Crippen molar-refractivity contribution in [3.8, 4) is 0 Å². The van der Waals surface area contributed by atoms with E-state index < -0.39 is 5.51 Å². The number of hydrogen-bond acceptors (Lipinski definition) is 4. The maximum absolute atomic E-state index is 11.8. The second-order valence-electron chi connectivity index (χ2n) is 2.83. The highest BCUT2D eigenvalue weighted by Crippen LogP contribution is 2.29. The van der Waals surface area contributed by atoms with E-state index in [1.54, 1.807) is 0 Å². The molecule has 0 saturated carbocycles. The van der Waals surface area contributed by atoms with Gasteiger partial charge in [-0.3, -0.25) is 0 Å². The summed E-state index contributed by atoms with van der Waals surface area (Å²) in [7, 11) is 0. The summed E-state index contributed by atoms with van der Waals surface area (Å²) >= 11 is 5.53. The average Bonchev–Trinajstić information content (AvgIpc) is 2.09. The molecule has 0 bridgehead atoms. The van der Waals surface area contributed by atoms with E-state index in [1.807, 2.05) is 0 Å². The number of anilines is 2. The zero-order valence-corrected chi connectivity index (χ0v) is 9.59. The van der Waals surface area contributed by atoms with Crippen molar-refractivity contribution in [2.75, 3.05) is 23.3 Å². The molecule has 1 heterocycles. The smallest absolute Gasteiger partial charge is 0.399 e. The van der Waals surface area contributed by atoms with Crippen molar-refractivity contribution in [1.29, 1.82) is 0 Å². The third kappa shape index (κ3) is 5.32. The Morgan fingerprint density at radius 3 is 2.69 bits per heavy atom. The molecule has 1 aromatic rings. The van der Waals surface area contributed by atoms with Crippen LogP contribution in [0, 0.1) is 0 Å². The topological polar surface area (TPSA) is 50.9 Å². The van der Waals surface area contributed by atoms with Crippen molar-refractivity contribution in [3.63, 3.8) is 0 Å². The molecule has 8 heteroatoms. The summed E-state index contributed by atoms with van der Waals surface area (Å²) in [6.07, 6.45) is 0. The Hall–Kier alpha value is -0.820. The highest BCUT2D eigenvalue weighted by atomic mass is 35.5. The van der Waals surface area contributed by atoms with Gasteiger partial charge in [-0.05, 0) is 17.8 Å². The van der Waals surface area contributed by atoms with Crippen LogP contribution in [0.2, 0.25) is 5.15 Å². The van der Waals surface area contributed by atoms with Crippen LogP contribution in [0.1, 0.15) is 0 Å². The summed E-state index contributed by atoms with van der Waals surface area (Å²) in [5.74, 6) is 0.269. The number of nitrogens with one attached hydrogen (secondary N) is 1. The van der Waals surface area contributed by atoms with Gasteiger partial charge in [0.05, 0.1) is 0 Å². The van der Waals surface area contributed by atoms with Crippen molar-refractivity contribution < 1.29 is 13.2 Å². The number of hydrogen-bond donors (Lipinski definition) is 2. The molecule has 0 aliphatic rings. The molecule has 3 N–H and O–H groups in total. The van der Waals surface area contributed by atoms with Gasteiger partial charge in [-0.15, -0.1) is 0 Å². The fourth-order valence-electron chi connectivity index (χ4n) is 0.953. The molecule has 0 spiro atoms. The minimum absolute atomic E-state index is 0.0933. The lowest BCUT2D eigenvalue weighted by Crippen LogP contribution is -2.10. The summed E-state index contributed by atoms with van der Waals surface area (Å²) in [6, 6.07) is 2.96. The largest absolute Gasteiger partial charge is 0.441 e. The van der Waals surface area contributed by atoms with Gasteiger partial charge >= 0.3 is 5.51 Å². The monoisotopic (exact) mass is 271 g/mol. The lowest BCUT2D eigenvalue weighted by atomic mass is 10.4. The van der Waals surface area contributed by atoms with Gasteiger partial charge in [0.15, 0.2) is 0 Å². The highest BCUT2D eigenvalue weighted by molar-refractivity contribution is 8.00. The molecule has 0 saturated heterocycles. The standard InChI is InChI=1S/C8H9ClF3N3S/c9-6-3-5(13)4-7(15-6)14-1-2-16-8(10,11)12/h3-4H,1-2H2,(H3,13,14,15). The molecule has 0 aromatic carbocycles. The fourth-order valence-corrected chi connectivity index (χ4v) is 1.61. The second-order valence-corrected chi connectivity index (χ2v) is 4.38. The first kappa shape index (κ1) is 13.2. The van der Waals surface area contributed by atoms with E-state index in [9.17, 15) is 13.2 Å². The first-order chi connectivity index (χ1) is 7.37. The molecule has 0 unspecified atom stereocenters. The number of pyridine rings is 1. The van der Waals surface area contributed by atoms with E-state index in [-0.39, 0.29) is 29.2 Å². The Morgan fingerprint density at radius 2 is 2.12 bits per heavy atom. The van der Waals surface area contributed by atoms with Gasteiger partial charge in [0.25, 0.3) is 0 Å². The Morgan fingerprint density at radius 1 is 1.44 bits per heavy atom. The molecule has 3 nitrogen and oxygen atoms in total. The Labute approximate surface area is 99.6 Å². The van der Waals surface area contributed by atoms with Gasteiger partial charge in [0.2, 0.25) is 0 Å². The number of nitrogen functional groups attached to an aromatic ring is 1. The number of aromatic nitrogens is 1. The third-order valence-corrected chi connectivity index (χ3v) is 2.42. The number of nitrogens with two attached hydrogens (primary N) is 1. The molecular weight excluding hydrogens is 263 g/mol. The second kappa shape index (κ2) is 5.49. The fraction of sp³-hybridized carbons (Fsp3) is 0.375. The van der Waals surface area contributed by atoms with Crippen molar-refractivity contribution in [1.82, 2.24) is 4.98 Å². The van der Waals surface area contributed by atoms with Crippen LogP contribution in [0.25, 0.3) is 0 Å². The molecule has 0 fully saturated rings. The van der Waals surface area contributed by atoms with E-state index >= 15 is 0 Å². The normalized spacial score (nSPS) is 11.5. The molecule has 0 atom stereocenters. The van der Waals surface area contributed by atoms with Crippen LogP contribution in [0.5, 0.6) is 0 Å². The first-order valence-corrected chi connectivity index (χ1v) is 5.61. The van der Waals surface area contributed by atoms with Crippen molar-refractivity contribution in [2.45, 2.75) is 5.51 Å². The molecule has 16 heavy (non-hydrogen) atoms. The van der Waals surface area contributed by atoms with Crippen molar-refractivity contribution >= 4 is 34.9 Å². The minimum Gasteiger partial charge on any atom is -0.399 e. The van der Waals surface area contributed by atoms with E-state index in [4.69, 9.17) is 17.3 Å². The van der Waals surface area contributed by atoms with Crippen LogP contribution in [-0.2, 0) is 0 Å². The summed E-state index contributed by atoms with van der Waals surface area (Å²) in [5.41, 5.74) is 1.69. The van der Waals surface area contributed by atoms with Gasteiger partial charge in [0.1, 0.15) is 11.0 Å². The number of rotatable bonds is 4. The van der Waals surface area contributed by atoms with E-state index in [0.29, 0.717) is 11.5 Å². The SMILES string of the molecule is Nc1cc(Cl)nc(NCCSC(F)(F)F)c1. The van der Waals surface area contributed by atoms with Crippen LogP contribution in [0.3, 0.4) is 0 Å². The number of alkyl halides is 3. The molecule has 1 aromatic heterocycles. The summed E-state index contributed by atoms with van der Waals surface area (Å²) in [4.78, 5) is 3.85. The third-order valence-electron chi connectivity index (χ3n) is 1.49. The first-order valence-electron chi connectivity index (χ1n) is 4.24. The van der Waals surface area contributed by atoms with E-state index in [2.05, 4.69) is 10.3 Å². The molecule has 0 radical (unpaired) electrons. The molecule has 90 valence electrons. The molecule has 0 aliphatic heterocycles. The van der Waals surface area contributed by atoms with Gasteiger partial charge in [0, 0.05) is 24.1 Å². The van der Waals surface area contributed by atoms with Gasteiger partial charge in [-0.2, -0.15) is 13.2 Å². The number of nitrogens with zero attached hydrogens (tertiary/aromatic N) is 1. The molecular formula is C8H9ClF3N3S. The zero-order chi connectivity index (χ0) is 12.2. The lowest BCUT2D eigenvalue weighted by Gasteiger charge is -2.08. The summed E-state index contributed by atoms with van der Waals surface area (Å²) < 4.78 is 35.4. The quantitative estimate of drug-likeness (QED) is 0.653. The Balaban J connectivity index is 2.37. The number of thioether (sulfide) groups is 1. The van der Waals surface area contributed by atoms with Crippen LogP contribution in [0.15, 0.2) is 12.1 Å². The predicted octanol–water partition coefficient (Wildman–Crippen LogP) is 2.98. The highest BCUT2D eigenvalue weighted by Gasteiger charge is 2.27. The zero-order valence-electron chi connectivity index (χ0n) is 8.01. The Kier molecular flexibility index (Phi) is 4.55. The summed E-state index contributed by atoms with van der Waals surface area (Å²) in [5, 5.41) is 2.90. The molecule has 1 rings (SSSR count).